The number of benzene rings is 1. The Labute approximate surface area is 154 Å². The van der Waals surface area contributed by atoms with Gasteiger partial charge >= 0.3 is 11.9 Å². The summed E-state index contributed by atoms with van der Waals surface area (Å²) in [7, 11) is 0. The van der Waals surface area contributed by atoms with Gasteiger partial charge in [0, 0.05) is 42.6 Å². The van der Waals surface area contributed by atoms with Crippen LogP contribution in [0.15, 0.2) is 24.4 Å². The summed E-state index contributed by atoms with van der Waals surface area (Å²) in [6.45, 7) is 7.57. The molecule has 0 unspecified atom stereocenters. The van der Waals surface area contributed by atoms with E-state index < -0.39 is 11.9 Å². The van der Waals surface area contributed by atoms with Gasteiger partial charge in [-0.25, -0.2) is 0 Å². The zero-order valence-corrected chi connectivity index (χ0v) is 15.6. The average molecular weight is 360 g/mol. The van der Waals surface area contributed by atoms with E-state index in [2.05, 4.69) is 23.7 Å². The average Bonchev–Trinajstić information content (AvgIpc) is 3.00. The second-order valence-electron chi connectivity index (χ2n) is 6.43. The van der Waals surface area contributed by atoms with E-state index in [9.17, 15) is 9.59 Å². The molecule has 0 radical (unpaired) electrons. The Morgan fingerprint density at radius 2 is 2.00 bits per heavy atom. The molecule has 0 saturated heterocycles. The number of carboxylic acid groups (broad SMARTS) is 1. The van der Waals surface area contributed by atoms with Gasteiger partial charge in [0.15, 0.2) is 0 Å². The minimum atomic E-state index is -0.904. The van der Waals surface area contributed by atoms with E-state index in [1.807, 2.05) is 18.3 Å². The number of rotatable bonds is 11. The van der Waals surface area contributed by atoms with Crippen molar-refractivity contribution >= 4 is 22.8 Å². The van der Waals surface area contributed by atoms with Crippen molar-refractivity contribution in [2.45, 2.75) is 46.0 Å². The normalized spacial score (nSPS) is 11.2. The van der Waals surface area contributed by atoms with Crippen molar-refractivity contribution in [2.75, 3.05) is 19.6 Å². The predicted molar refractivity (Wildman–Crippen MR) is 102 cm³/mol. The topological polar surface area (TPSA) is 82.6 Å². The highest BCUT2D eigenvalue weighted by molar-refractivity contribution is 5.85. The zero-order chi connectivity index (χ0) is 18.9. The first-order chi connectivity index (χ1) is 12.5. The standard InChI is InChI=1S/C20H28N2O4/c1-3-11-22(4-2)12-10-15-14-21-18-13-16(8-9-17(15)18)26-20(25)7-5-6-19(23)24/h8-9,13-14,21H,3-7,10-12H2,1-2H3,(H,23,24). The van der Waals surface area contributed by atoms with E-state index in [4.69, 9.17) is 9.84 Å². The number of ether oxygens (including phenoxy) is 1. The van der Waals surface area contributed by atoms with E-state index in [1.54, 1.807) is 6.07 Å². The highest BCUT2D eigenvalue weighted by atomic mass is 16.5. The summed E-state index contributed by atoms with van der Waals surface area (Å²) in [6.07, 6.45) is 4.51. The Kier molecular flexibility index (Phi) is 7.66. The van der Waals surface area contributed by atoms with Crippen LogP contribution < -0.4 is 4.74 Å². The lowest BCUT2D eigenvalue weighted by atomic mass is 10.1. The van der Waals surface area contributed by atoms with Gasteiger partial charge in [0.2, 0.25) is 0 Å². The molecule has 0 aliphatic rings. The van der Waals surface area contributed by atoms with Crippen molar-refractivity contribution in [3.63, 3.8) is 0 Å². The Morgan fingerprint density at radius 1 is 1.19 bits per heavy atom. The molecule has 2 N–H and O–H groups in total. The maximum atomic E-state index is 11.8. The highest BCUT2D eigenvalue weighted by Gasteiger charge is 2.10. The van der Waals surface area contributed by atoms with Gasteiger partial charge in [-0.1, -0.05) is 13.8 Å². The van der Waals surface area contributed by atoms with E-state index in [1.165, 1.54) is 5.56 Å². The van der Waals surface area contributed by atoms with Gasteiger partial charge in [0.05, 0.1) is 0 Å². The van der Waals surface area contributed by atoms with Crippen molar-refractivity contribution < 1.29 is 19.4 Å². The van der Waals surface area contributed by atoms with Gasteiger partial charge in [-0.05, 0) is 50.0 Å². The number of aromatic nitrogens is 1. The molecular formula is C20H28N2O4. The summed E-state index contributed by atoms with van der Waals surface area (Å²) in [5.74, 6) is -0.832. The van der Waals surface area contributed by atoms with Crippen LogP contribution in [0, 0.1) is 0 Å². The van der Waals surface area contributed by atoms with Crippen molar-refractivity contribution in [3.8, 4) is 5.75 Å². The molecule has 26 heavy (non-hydrogen) atoms. The molecule has 1 aromatic carbocycles. The number of nitrogens with zero attached hydrogens (tertiary/aromatic N) is 1. The van der Waals surface area contributed by atoms with Crippen LogP contribution in [0.5, 0.6) is 5.75 Å². The molecule has 0 saturated carbocycles. The molecule has 2 rings (SSSR count). The van der Waals surface area contributed by atoms with Crippen LogP contribution in [-0.2, 0) is 16.0 Å². The Hall–Kier alpha value is -2.34. The Bertz CT molecular complexity index is 738. The number of hydrogen-bond acceptors (Lipinski definition) is 4. The highest BCUT2D eigenvalue weighted by Crippen LogP contribution is 2.24. The third kappa shape index (κ3) is 5.88. The molecule has 6 heteroatoms. The maximum absolute atomic E-state index is 11.8. The summed E-state index contributed by atoms with van der Waals surface area (Å²) in [5, 5.41) is 9.74. The minimum Gasteiger partial charge on any atom is -0.481 e. The molecule has 0 aliphatic heterocycles. The smallest absolute Gasteiger partial charge is 0.311 e. The molecule has 0 spiro atoms. The summed E-state index contributed by atoms with van der Waals surface area (Å²) in [6, 6.07) is 5.58. The number of aliphatic carboxylic acids is 1. The van der Waals surface area contributed by atoms with E-state index in [-0.39, 0.29) is 19.3 Å². The molecule has 1 aromatic heterocycles. The molecular weight excluding hydrogens is 332 g/mol. The van der Waals surface area contributed by atoms with Gasteiger partial charge in [-0.2, -0.15) is 0 Å². The summed E-state index contributed by atoms with van der Waals surface area (Å²) < 4.78 is 5.30. The third-order valence-corrected chi connectivity index (χ3v) is 4.43. The largest absolute Gasteiger partial charge is 0.481 e. The second-order valence-corrected chi connectivity index (χ2v) is 6.43. The van der Waals surface area contributed by atoms with Crippen LogP contribution in [0.4, 0.5) is 0 Å². The summed E-state index contributed by atoms with van der Waals surface area (Å²) in [5.41, 5.74) is 2.20. The number of nitrogens with one attached hydrogen (secondary N) is 1. The van der Waals surface area contributed by atoms with Gasteiger partial charge in [-0.3, -0.25) is 9.59 Å². The van der Waals surface area contributed by atoms with Gasteiger partial charge in [-0.15, -0.1) is 0 Å². The molecule has 6 nitrogen and oxygen atoms in total. The first-order valence-corrected chi connectivity index (χ1v) is 9.28. The van der Waals surface area contributed by atoms with Crippen molar-refractivity contribution in [1.82, 2.24) is 9.88 Å². The number of fused-ring (bicyclic) bond motifs is 1. The number of esters is 1. The molecule has 0 amide bonds. The van der Waals surface area contributed by atoms with E-state index in [0.717, 1.165) is 43.4 Å². The van der Waals surface area contributed by atoms with Crippen LogP contribution in [0.2, 0.25) is 0 Å². The molecule has 2 aromatic rings. The lowest BCUT2D eigenvalue weighted by molar-refractivity contribution is -0.137. The number of H-pyrrole nitrogens is 1. The van der Waals surface area contributed by atoms with Crippen LogP contribution in [0.25, 0.3) is 10.9 Å². The Balaban J connectivity index is 1.95. The van der Waals surface area contributed by atoms with E-state index in [0.29, 0.717) is 5.75 Å². The lowest BCUT2D eigenvalue weighted by Gasteiger charge is -2.19. The van der Waals surface area contributed by atoms with Crippen molar-refractivity contribution in [3.05, 3.63) is 30.0 Å². The fourth-order valence-corrected chi connectivity index (χ4v) is 3.02. The molecule has 0 atom stereocenters. The summed E-state index contributed by atoms with van der Waals surface area (Å²) >= 11 is 0. The van der Waals surface area contributed by atoms with E-state index >= 15 is 0 Å². The number of carboxylic acids is 1. The minimum absolute atomic E-state index is 0.0269. The fourth-order valence-electron chi connectivity index (χ4n) is 3.02. The molecule has 142 valence electrons. The number of carbonyl (C=O) groups excluding carboxylic acids is 1. The molecule has 0 aliphatic carbocycles. The van der Waals surface area contributed by atoms with Crippen LogP contribution in [-0.4, -0.2) is 46.6 Å². The van der Waals surface area contributed by atoms with Crippen molar-refractivity contribution in [1.29, 1.82) is 0 Å². The lowest BCUT2D eigenvalue weighted by Crippen LogP contribution is -2.26. The fraction of sp³-hybridized carbons (Fsp3) is 0.500. The number of carbonyl (C=O) groups is 2. The maximum Gasteiger partial charge on any atom is 0.311 e. The molecule has 1 heterocycles. The molecule has 0 fully saturated rings. The second kappa shape index (κ2) is 9.97. The first kappa shape index (κ1) is 20.0. The zero-order valence-electron chi connectivity index (χ0n) is 15.6. The van der Waals surface area contributed by atoms with Crippen LogP contribution in [0.3, 0.4) is 0 Å². The number of hydrogen-bond donors (Lipinski definition) is 2. The van der Waals surface area contributed by atoms with Gasteiger partial charge < -0.3 is 19.7 Å². The monoisotopic (exact) mass is 360 g/mol. The van der Waals surface area contributed by atoms with Gasteiger partial charge in [0.25, 0.3) is 0 Å². The number of aromatic amines is 1. The predicted octanol–water partition coefficient (Wildman–Crippen LogP) is 3.60. The van der Waals surface area contributed by atoms with Crippen LogP contribution in [0.1, 0.15) is 45.1 Å². The SMILES string of the molecule is CCCN(CC)CCc1c[nH]c2cc(OC(=O)CCCC(=O)O)ccc12. The third-order valence-electron chi connectivity index (χ3n) is 4.43. The summed E-state index contributed by atoms with van der Waals surface area (Å²) in [4.78, 5) is 27.9. The number of likely N-dealkylation sites (N-methyl/N-ethyl adjacent to an activating group) is 1. The van der Waals surface area contributed by atoms with Gasteiger partial charge in [0.1, 0.15) is 5.75 Å². The molecule has 0 bridgehead atoms. The van der Waals surface area contributed by atoms with Crippen molar-refractivity contribution in [2.24, 2.45) is 0 Å². The Morgan fingerprint density at radius 3 is 2.69 bits per heavy atom. The first-order valence-electron chi connectivity index (χ1n) is 9.28. The quantitative estimate of drug-likeness (QED) is 0.472. The van der Waals surface area contributed by atoms with Crippen LogP contribution >= 0.6 is 0 Å².